The van der Waals surface area contributed by atoms with Crippen LogP contribution in [0.15, 0.2) is 21.9 Å². The van der Waals surface area contributed by atoms with Crippen molar-refractivity contribution >= 4 is 30.0 Å². The summed E-state index contributed by atoms with van der Waals surface area (Å²) in [6.45, 7) is 4.18. The van der Waals surface area contributed by atoms with Crippen molar-refractivity contribution in [3.63, 3.8) is 0 Å². The second kappa shape index (κ2) is 3.26. The van der Waals surface area contributed by atoms with Gasteiger partial charge in [-0.25, -0.2) is 0 Å². The first kappa shape index (κ1) is 7.89. The van der Waals surface area contributed by atoms with Crippen LogP contribution < -0.4 is 0 Å². The molecule has 0 N–H and O–H groups in total. The minimum atomic E-state index is 1.08. The summed E-state index contributed by atoms with van der Waals surface area (Å²) < 4.78 is 0. The van der Waals surface area contributed by atoms with E-state index < -0.39 is 0 Å². The van der Waals surface area contributed by atoms with Gasteiger partial charge in [-0.2, -0.15) is 0 Å². The lowest BCUT2D eigenvalue weighted by atomic mass is 10.3. The maximum Gasteiger partial charge on any atom is 0.0402 e. The Labute approximate surface area is 71.0 Å². The summed E-state index contributed by atoms with van der Waals surface area (Å²) in [4.78, 5) is 2.33. The minimum Gasteiger partial charge on any atom is -0.143 e. The molecule has 0 nitrogen and oxygen atoms in total. The molecule has 2 heteroatoms. The largest absolute Gasteiger partial charge is 0.143 e. The summed E-state index contributed by atoms with van der Waals surface area (Å²) in [7, 11) is 0. The van der Waals surface area contributed by atoms with Gasteiger partial charge >= 0.3 is 0 Å². The molecule has 1 aromatic rings. The molecular weight excluding hydrogens is 160 g/mol. The third kappa shape index (κ3) is 1.89. The van der Waals surface area contributed by atoms with Gasteiger partial charge in [0.15, 0.2) is 0 Å². The van der Waals surface area contributed by atoms with Crippen LogP contribution in [0, 0.1) is 0 Å². The lowest BCUT2D eigenvalue weighted by molar-refractivity contribution is 1.42. The molecule has 0 aromatic carbocycles. The molecule has 0 bridgehead atoms. The molecule has 0 fully saturated rings. The van der Waals surface area contributed by atoms with Crippen LogP contribution in [0.2, 0.25) is 0 Å². The molecule has 0 spiro atoms. The van der Waals surface area contributed by atoms with E-state index in [1.54, 1.807) is 11.3 Å². The average molecular weight is 170 g/mol. The van der Waals surface area contributed by atoms with Crippen LogP contribution in [0.4, 0.5) is 0 Å². The normalized spacial score (nSPS) is 9.50. The predicted octanol–water partition coefficient (Wildman–Crippen LogP) is 3.46. The van der Waals surface area contributed by atoms with Gasteiger partial charge < -0.3 is 0 Å². The van der Waals surface area contributed by atoms with Crippen molar-refractivity contribution in [2.75, 3.05) is 0 Å². The van der Waals surface area contributed by atoms with Crippen molar-refractivity contribution in [3.8, 4) is 0 Å². The third-order valence-electron chi connectivity index (χ3n) is 1.09. The van der Waals surface area contributed by atoms with Crippen molar-refractivity contribution in [2.24, 2.45) is 0 Å². The zero-order chi connectivity index (χ0) is 7.56. The van der Waals surface area contributed by atoms with Crippen LogP contribution in [-0.4, -0.2) is 0 Å². The summed E-state index contributed by atoms with van der Waals surface area (Å²) in [5.74, 6) is 0. The van der Waals surface area contributed by atoms with Crippen LogP contribution in [0.25, 0.3) is 6.08 Å². The van der Waals surface area contributed by atoms with Crippen molar-refractivity contribution in [2.45, 2.75) is 18.7 Å². The van der Waals surface area contributed by atoms with Crippen LogP contribution >= 0.6 is 24.0 Å². The molecule has 0 unspecified atom stereocenters. The van der Waals surface area contributed by atoms with E-state index in [0.717, 1.165) is 4.90 Å². The van der Waals surface area contributed by atoms with Gasteiger partial charge in [-0.3, -0.25) is 0 Å². The first-order valence-corrected chi connectivity index (χ1v) is 4.44. The van der Waals surface area contributed by atoms with Crippen molar-refractivity contribution in [1.29, 1.82) is 0 Å². The highest BCUT2D eigenvalue weighted by Gasteiger charge is 1.94. The Balaban J connectivity index is 2.95. The molecule has 0 amide bonds. The highest BCUT2D eigenvalue weighted by molar-refractivity contribution is 7.80. The van der Waals surface area contributed by atoms with Gasteiger partial charge in [0, 0.05) is 9.77 Å². The third-order valence-corrected chi connectivity index (χ3v) is 2.50. The number of rotatable bonds is 1. The Morgan fingerprint density at radius 1 is 1.60 bits per heavy atom. The Morgan fingerprint density at radius 3 is 2.70 bits per heavy atom. The fourth-order valence-corrected chi connectivity index (χ4v) is 1.93. The van der Waals surface area contributed by atoms with E-state index in [4.69, 9.17) is 0 Å². The number of allylic oxidation sites excluding steroid dienone is 1. The fraction of sp³-hybridized carbons (Fsp3) is 0.250. The number of thiol groups is 1. The molecule has 1 heterocycles. The monoisotopic (exact) mass is 170 g/mol. The first-order chi connectivity index (χ1) is 4.70. The highest BCUT2D eigenvalue weighted by Crippen LogP contribution is 2.22. The van der Waals surface area contributed by atoms with E-state index in [1.807, 2.05) is 6.07 Å². The molecule has 0 aliphatic heterocycles. The summed E-state index contributed by atoms with van der Waals surface area (Å²) >= 11 is 6.01. The number of hydrogen-bond acceptors (Lipinski definition) is 2. The van der Waals surface area contributed by atoms with Crippen molar-refractivity contribution in [1.82, 2.24) is 0 Å². The smallest absolute Gasteiger partial charge is 0.0402 e. The molecule has 0 aliphatic carbocycles. The topological polar surface area (TPSA) is 0 Å². The Morgan fingerprint density at radius 2 is 2.30 bits per heavy atom. The van der Waals surface area contributed by atoms with Gasteiger partial charge in [0.1, 0.15) is 0 Å². The Kier molecular flexibility index (Phi) is 2.57. The molecular formula is C8H10S2. The Hall–Kier alpha value is -0.210. The SMILES string of the molecule is CC(C)=Cc1sccc1S. The van der Waals surface area contributed by atoms with Gasteiger partial charge in [0.2, 0.25) is 0 Å². The molecule has 0 saturated heterocycles. The van der Waals surface area contributed by atoms with E-state index in [-0.39, 0.29) is 0 Å². The number of thiophene rings is 1. The van der Waals surface area contributed by atoms with Crippen LogP contribution in [-0.2, 0) is 0 Å². The van der Waals surface area contributed by atoms with Crippen molar-refractivity contribution < 1.29 is 0 Å². The molecule has 54 valence electrons. The van der Waals surface area contributed by atoms with Crippen LogP contribution in [0.5, 0.6) is 0 Å². The first-order valence-electron chi connectivity index (χ1n) is 3.11. The zero-order valence-corrected chi connectivity index (χ0v) is 7.80. The van der Waals surface area contributed by atoms with Gasteiger partial charge in [0.05, 0.1) is 0 Å². The van der Waals surface area contributed by atoms with Crippen LogP contribution in [0.3, 0.4) is 0 Å². The molecule has 10 heavy (non-hydrogen) atoms. The molecule has 1 aromatic heterocycles. The zero-order valence-electron chi connectivity index (χ0n) is 6.09. The molecule has 0 aliphatic rings. The summed E-state index contributed by atoms with van der Waals surface area (Å²) in [5, 5.41) is 2.05. The standard InChI is InChI=1S/C8H10S2/c1-6(2)5-8-7(9)3-4-10-8/h3-5,9H,1-2H3. The fourth-order valence-electron chi connectivity index (χ4n) is 0.684. The highest BCUT2D eigenvalue weighted by atomic mass is 32.1. The van der Waals surface area contributed by atoms with Gasteiger partial charge in [-0.1, -0.05) is 5.57 Å². The van der Waals surface area contributed by atoms with Gasteiger partial charge in [0.25, 0.3) is 0 Å². The van der Waals surface area contributed by atoms with E-state index in [2.05, 4.69) is 37.9 Å². The summed E-state index contributed by atoms with van der Waals surface area (Å²) in [6, 6.07) is 2.02. The summed E-state index contributed by atoms with van der Waals surface area (Å²) in [6.07, 6.45) is 2.15. The molecule has 1 rings (SSSR count). The Bertz CT molecular complexity index is 242. The molecule has 0 radical (unpaired) electrons. The van der Waals surface area contributed by atoms with Crippen LogP contribution in [0.1, 0.15) is 18.7 Å². The number of hydrogen-bond donors (Lipinski definition) is 1. The second-order valence-corrected chi connectivity index (χ2v) is 3.82. The lowest BCUT2D eigenvalue weighted by Gasteiger charge is -1.89. The second-order valence-electron chi connectivity index (χ2n) is 2.39. The molecule has 0 saturated carbocycles. The van der Waals surface area contributed by atoms with Crippen molar-refractivity contribution in [3.05, 3.63) is 21.9 Å². The summed E-state index contributed by atoms with van der Waals surface area (Å²) in [5.41, 5.74) is 1.32. The molecule has 0 atom stereocenters. The maximum absolute atomic E-state index is 4.29. The van der Waals surface area contributed by atoms with Gasteiger partial charge in [-0.15, -0.1) is 24.0 Å². The quantitative estimate of drug-likeness (QED) is 0.613. The van der Waals surface area contributed by atoms with E-state index >= 15 is 0 Å². The van der Waals surface area contributed by atoms with E-state index in [1.165, 1.54) is 10.5 Å². The lowest BCUT2D eigenvalue weighted by Crippen LogP contribution is -1.65. The average Bonchev–Trinajstić information content (AvgIpc) is 2.15. The van der Waals surface area contributed by atoms with Gasteiger partial charge in [-0.05, 0) is 31.4 Å². The maximum atomic E-state index is 4.29. The van der Waals surface area contributed by atoms with E-state index in [9.17, 15) is 0 Å². The van der Waals surface area contributed by atoms with E-state index in [0.29, 0.717) is 0 Å². The predicted molar refractivity (Wildman–Crippen MR) is 50.9 cm³/mol. The minimum absolute atomic E-state index is 1.08.